The fraction of sp³-hybridized carbons (Fsp3) is 0. The summed E-state index contributed by atoms with van der Waals surface area (Å²) in [6.45, 7) is 0. The van der Waals surface area contributed by atoms with Crippen molar-refractivity contribution in [2.75, 3.05) is 0 Å². The number of benzene rings is 7. The SMILES string of the molecule is c1ccc(-c2cc(-c3ccc(-c4cccc5cccc(-c6nc(-c7ccccc7)nc(-c7ccccc7)n6)c45)cc3)nc(-c3ccccc3)n2)cc1. The molecule has 0 fully saturated rings. The standard InChI is InChI=1S/C47H31N5/c1-5-15-33(16-6-1)41-31-42(49-44(48-41)36-17-7-2-8-18-36)34-29-27-32(28-30-34)39-25-13-23-35-24-14-26-40(43(35)39)47-51-45(37-19-9-3-10-20-37)50-46(52-47)38-21-11-4-12-22-38/h1-31H. The van der Waals surface area contributed by atoms with E-state index in [-0.39, 0.29) is 0 Å². The van der Waals surface area contributed by atoms with Gasteiger partial charge in [0.1, 0.15) is 0 Å². The lowest BCUT2D eigenvalue weighted by molar-refractivity contribution is 1.08. The molecule has 0 radical (unpaired) electrons. The zero-order valence-electron chi connectivity index (χ0n) is 28.1. The minimum Gasteiger partial charge on any atom is -0.228 e. The van der Waals surface area contributed by atoms with Crippen LogP contribution in [0.2, 0.25) is 0 Å². The lowest BCUT2D eigenvalue weighted by Crippen LogP contribution is -2.00. The smallest absolute Gasteiger partial charge is 0.164 e. The summed E-state index contributed by atoms with van der Waals surface area (Å²) in [5, 5.41) is 2.19. The van der Waals surface area contributed by atoms with Gasteiger partial charge in [0.2, 0.25) is 0 Å². The predicted molar refractivity (Wildman–Crippen MR) is 211 cm³/mol. The first-order valence-corrected chi connectivity index (χ1v) is 17.3. The van der Waals surface area contributed by atoms with E-state index in [0.717, 1.165) is 66.7 Å². The molecular formula is C47H31N5. The fourth-order valence-corrected chi connectivity index (χ4v) is 6.59. The van der Waals surface area contributed by atoms with Gasteiger partial charge in [0, 0.05) is 38.8 Å². The second-order valence-corrected chi connectivity index (χ2v) is 12.5. The topological polar surface area (TPSA) is 64.5 Å². The van der Waals surface area contributed by atoms with Crippen LogP contribution in [-0.2, 0) is 0 Å². The van der Waals surface area contributed by atoms with Gasteiger partial charge in [0.15, 0.2) is 23.3 Å². The summed E-state index contributed by atoms with van der Waals surface area (Å²) >= 11 is 0. The average molecular weight is 666 g/mol. The van der Waals surface area contributed by atoms with Crippen LogP contribution in [0.25, 0.3) is 90.0 Å². The number of nitrogens with zero attached hydrogens (tertiary/aromatic N) is 5. The van der Waals surface area contributed by atoms with Crippen LogP contribution in [0.3, 0.4) is 0 Å². The van der Waals surface area contributed by atoms with Crippen LogP contribution in [-0.4, -0.2) is 24.9 Å². The van der Waals surface area contributed by atoms with Crippen LogP contribution in [0, 0.1) is 0 Å². The van der Waals surface area contributed by atoms with Crippen LogP contribution in [0.15, 0.2) is 188 Å². The van der Waals surface area contributed by atoms with Crippen LogP contribution < -0.4 is 0 Å². The molecule has 0 aliphatic rings. The molecule has 9 rings (SSSR count). The van der Waals surface area contributed by atoms with Gasteiger partial charge in [-0.25, -0.2) is 24.9 Å². The highest BCUT2D eigenvalue weighted by Crippen LogP contribution is 2.37. The minimum atomic E-state index is 0.630. The molecule has 0 saturated carbocycles. The van der Waals surface area contributed by atoms with Crippen LogP contribution in [0.1, 0.15) is 0 Å². The quantitative estimate of drug-likeness (QED) is 0.169. The number of rotatable bonds is 7. The largest absolute Gasteiger partial charge is 0.228 e. The van der Waals surface area contributed by atoms with Crippen LogP contribution in [0.4, 0.5) is 0 Å². The molecule has 0 amide bonds. The molecule has 0 aliphatic carbocycles. The van der Waals surface area contributed by atoms with Gasteiger partial charge in [-0.2, -0.15) is 0 Å². The van der Waals surface area contributed by atoms with Gasteiger partial charge in [-0.05, 0) is 22.6 Å². The number of fused-ring (bicyclic) bond motifs is 1. The molecule has 2 aromatic heterocycles. The molecule has 52 heavy (non-hydrogen) atoms. The third-order valence-electron chi connectivity index (χ3n) is 9.16. The Morgan fingerprint density at radius 1 is 0.250 bits per heavy atom. The van der Waals surface area contributed by atoms with Gasteiger partial charge >= 0.3 is 0 Å². The Morgan fingerprint density at radius 3 is 1.13 bits per heavy atom. The lowest BCUT2D eigenvalue weighted by Gasteiger charge is -2.14. The summed E-state index contributed by atoms with van der Waals surface area (Å²) in [5.74, 6) is 2.60. The van der Waals surface area contributed by atoms with Gasteiger partial charge in [0.25, 0.3) is 0 Å². The molecule has 0 aliphatic heterocycles. The van der Waals surface area contributed by atoms with E-state index in [2.05, 4.69) is 78.9 Å². The second-order valence-electron chi connectivity index (χ2n) is 12.5. The molecule has 244 valence electrons. The molecule has 9 aromatic rings. The van der Waals surface area contributed by atoms with Crippen molar-refractivity contribution in [2.24, 2.45) is 0 Å². The molecule has 0 bridgehead atoms. The van der Waals surface area contributed by atoms with Crippen molar-refractivity contribution in [1.82, 2.24) is 24.9 Å². The van der Waals surface area contributed by atoms with Gasteiger partial charge in [-0.15, -0.1) is 0 Å². The third kappa shape index (κ3) is 6.12. The Labute approximate surface area is 302 Å². The molecular weight excluding hydrogens is 635 g/mol. The Balaban J connectivity index is 1.16. The molecule has 5 heteroatoms. The number of hydrogen-bond acceptors (Lipinski definition) is 5. The Kier molecular flexibility index (Phi) is 8.12. The highest BCUT2D eigenvalue weighted by molar-refractivity contribution is 6.05. The zero-order chi connectivity index (χ0) is 34.7. The highest BCUT2D eigenvalue weighted by atomic mass is 15.0. The number of aromatic nitrogens is 5. The van der Waals surface area contributed by atoms with Gasteiger partial charge in [-0.3, -0.25) is 0 Å². The van der Waals surface area contributed by atoms with Gasteiger partial charge in [0.05, 0.1) is 11.4 Å². The van der Waals surface area contributed by atoms with E-state index in [1.807, 2.05) is 109 Å². The van der Waals surface area contributed by atoms with Crippen LogP contribution >= 0.6 is 0 Å². The molecule has 7 aromatic carbocycles. The third-order valence-corrected chi connectivity index (χ3v) is 9.16. The maximum absolute atomic E-state index is 5.07. The normalized spacial score (nSPS) is 11.1. The zero-order valence-corrected chi connectivity index (χ0v) is 28.1. The maximum Gasteiger partial charge on any atom is 0.164 e. The van der Waals surface area contributed by atoms with Crippen molar-refractivity contribution >= 4 is 10.8 Å². The van der Waals surface area contributed by atoms with Crippen molar-refractivity contribution in [3.8, 4) is 79.2 Å². The first-order chi connectivity index (χ1) is 25.8. The molecule has 0 saturated heterocycles. The summed E-state index contributed by atoms with van der Waals surface area (Å²) in [7, 11) is 0. The summed E-state index contributed by atoms with van der Waals surface area (Å²) in [5.41, 5.74) is 9.80. The Morgan fingerprint density at radius 2 is 0.635 bits per heavy atom. The monoisotopic (exact) mass is 665 g/mol. The average Bonchev–Trinajstić information content (AvgIpc) is 3.24. The number of hydrogen-bond donors (Lipinski definition) is 0. The summed E-state index contributed by atoms with van der Waals surface area (Å²) < 4.78 is 0. The highest BCUT2D eigenvalue weighted by Gasteiger charge is 2.17. The van der Waals surface area contributed by atoms with E-state index < -0.39 is 0 Å². The minimum absolute atomic E-state index is 0.630. The summed E-state index contributed by atoms with van der Waals surface area (Å²) in [4.78, 5) is 25.1. The molecule has 0 N–H and O–H groups in total. The maximum atomic E-state index is 5.07. The van der Waals surface area contributed by atoms with E-state index in [9.17, 15) is 0 Å². The van der Waals surface area contributed by atoms with E-state index in [0.29, 0.717) is 23.3 Å². The van der Waals surface area contributed by atoms with E-state index in [1.165, 1.54) is 0 Å². The van der Waals surface area contributed by atoms with Crippen LogP contribution in [0.5, 0.6) is 0 Å². The molecule has 2 heterocycles. The van der Waals surface area contributed by atoms with Crippen molar-refractivity contribution in [1.29, 1.82) is 0 Å². The second kappa shape index (κ2) is 13.7. The lowest BCUT2D eigenvalue weighted by atomic mass is 9.93. The van der Waals surface area contributed by atoms with Gasteiger partial charge < -0.3 is 0 Å². The first-order valence-electron chi connectivity index (χ1n) is 17.3. The molecule has 0 atom stereocenters. The van der Waals surface area contributed by atoms with E-state index >= 15 is 0 Å². The molecule has 0 spiro atoms. The Bertz CT molecular complexity index is 2520. The summed E-state index contributed by atoms with van der Waals surface area (Å²) in [6.07, 6.45) is 0. The fourth-order valence-electron chi connectivity index (χ4n) is 6.59. The van der Waals surface area contributed by atoms with Crippen molar-refractivity contribution in [2.45, 2.75) is 0 Å². The van der Waals surface area contributed by atoms with Crippen molar-refractivity contribution < 1.29 is 0 Å². The van der Waals surface area contributed by atoms with Crippen molar-refractivity contribution in [3.05, 3.63) is 188 Å². The van der Waals surface area contributed by atoms with Crippen molar-refractivity contribution in [3.63, 3.8) is 0 Å². The first kappa shape index (κ1) is 30.9. The van der Waals surface area contributed by atoms with E-state index in [1.54, 1.807) is 0 Å². The summed E-state index contributed by atoms with van der Waals surface area (Å²) in [6, 6.07) is 64.0. The molecule has 5 nitrogen and oxygen atoms in total. The van der Waals surface area contributed by atoms with Gasteiger partial charge in [-0.1, -0.05) is 182 Å². The Hall–Kier alpha value is -7.11. The molecule has 0 unspecified atom stereocenters. The van der Waals surface area contributed by atoms with E-state index in [4.69, 9.17) is 24.9 Å². The predicted octanol–water partition coefficient (Wildman–Crippen LogP) is 11.5.